The van der Waals surface area contributed by atoms with Crippen molar-refractivity contribution in [1.82, 2.24) is 10.2 Å². The van der Waals surface area contributed by atoms with E-state index in [0.29, 0.717) is 13.1 Å². The quantitative estimate of drug-likeness (QED) is 0.405. The minimum Gasteiger partial charge on any atom is -0.481 e. The van der Waals surface area contributed by atoms with Crippen molar-refractivity contribution in [2.24, 2.45) is 5.92 Å². The zero-order chi connectivity index (χ0) is 16.4. The largest absolute Gasteiger partial charge is 0.481 e. The molecule has 1 aliphatic heterocycles. The highest BCUT2D eigenvalue weighted by Crippen LogP contribution is 2.19. The second-order valence-corrected chi connectivity index (χ2v) is 7.72. The van der Waals surface area contributed by atoms with Crippen molar-refractivity contribution in [3.8, 4) is 0 Å². The summed E-state index contributed by atoms with van der Waals surface area (Å²) in [6, 6.07) is 1.41. The SMILES string of the molecule is CCCCNC(CCC[SiH2]OC)CN1CC(C(=O)O)CC1=O. The maximum Gasteiger partial charge on any atom is 0.308 e. The third-order valence-corrected chi connectivity index (χ3v) is 5.32. The lowest BCUT2D eigenvalue weighted by atomic mass is 10.1. The highest BCUT2D eigenvalue weighted by Gasteiger charge is 2.34. The molecule has 0 aliphatic carbocycles. The van der Waals surface area contributed by atoms with Crippen molar-refractivity contribution in [2.45, 2.75) is 51.1 Å². The summed E-state index contributed by atoms with van der Waals surface area (Å²) in [6.07, 6.45) is 4.53. The molecule has 128 valence electrons. The third kappa shape index (κ3) is 6.89. The number of carbonyl (C=O) groups excluding carboxylic acids is 1. The third-order valence-electron chi connectivity index (χ3n) is 4.12. The molecule has 0 bridgehead atoms. The Bertz CT molecular complexity index is 354. The molecular weight excluding hydrogens is 300 g/mol. The number of rotatable bonds is 12. The van der Waals surface area contributed by atoms with Gasteiger partial charge in [0, 0.05) is 32.7 Å². The van der Waals surface area contributed by atoms with Crippen molar-refractivity contribution in [2.75, 3.05) is 26.7 Å². The van der Waals surface area contributed by atoms with E-state index in [0.717, 1.165) is 38.3 Å². The molecule has 0 aromatic heterocycles. The van der Waals surface area contributed by atoms with E-state index in [1.807, 2.05) is 0 Å². The zero-order valence-corrected chi connectivity index (χ0v) is 15.3. The fourth-order valence-corrected chi connectivity index (χ4v) is 3.54. The number of aliphatic carboxylic acids is 1. The molecule has 2 atom stereocenters. The Morgan fingerprint density at radius 1 is 1.55 bits per heavy atom. The van der Waals surface area contributed by atoms with E-state index in [-0.39, 0.29) is 28.1 Å². The Morgan fingerprint density at radius 3 is 2.91 bits per heavy atom. The Hall–Kier alpha value is -0.923. The van der Waals surface area contributed by atoms with Crippen LogP contribution in [0, 0.1) is 5.92 Å². The molecule has 0 radical (unpaired) electrons. The summed E-state index contributed by atoms with van der Waals surface area (Å²) in [5, 5.41) is 12.6. The van der Waals surface area contributed by atoms with Crippen molar-refractivity contribution < 1.29 is 19.1 Å². The Morgan fingerprint density at radius 2 is 2.32 bits per heavy atom. The molecule has 0 aromatic carbocycles. The minimum absolute atomic E-state index is 0.0269. The molecule has 0 aromatic rings. The van der Waals surface area contributed by atoms with Crippen LogP contribution < -0.4 is 5.32 Å². The maximum absolute atomic E-state index is 12.0. The first-order chi connectivity index (χ1) is 10.6. The second-order valence-electron chi connectivity index (χ2n) is 6.03. The van der Waals surface area contributed by atoms with Crippen LogP contribution in [0.4, 0.5) is 0 Å². The first-order valence-electron chi connectivity index (χ1n) is 8.31. The molecule has 0 spiro atoms. The van der Waals surface area contributed by atoms with Crippen LogP contribution in [0.2, 0.25) is 6.04 Å². The number of nitrogens with zero attached hydrogens (tertiary/aromatic N) is 1. The molecule has 1 heterocycles. The molecule has 7 heteroatoms. The average molecular weight is 331 g/mol. The number of likely N-dealkylation sites (tertiary alicyclic amines) is 1. The van der Waals surface area contributed by atoms with Gasteiger partial charge >= 0.3 is 5.97 Å². The molecule has 2 N–H and O–H groups in total. The molecule has 1 saturated heterocycles. The standard InChI is InChI=1S/C15H30N2O4Si/c1-3-4-7-16-13(6-5-8-22-21-2)11-17-10-12(15(19)20)9-14(17)18/h12-13,16H,3-11,22H2,1-2H3,(H,19,20). The fraction of sp³-hybridized carbons (Fsp3) is 0.867. The highest BCUT2D eigenvalue weighted by atomic mass is 28.2. The van der Waals surface area contributed by atoms with Crippen molar-refractivity contribution >= 4 is 21.6 Å². The van der Waals surface area contributed by atoms with Crippen molar-refractivity contribution in [1.29, 1.82) is 0 Å². The number of amides is 1. The van der Waals surface area contributed by atoms with Gasteiger partial charge in [0.25, 0.3) is 0 Å². The van der Waals surface area contributed by atoms with Crippen LogP contribution in [0.5, 0.6) is 0 Å². The fourth-order valence-electron chi connectivity index (χ4n) is 2.76. The summed E-state index contributed by atoms with van der Waals surface area (Å²) in [5.41, 5.74) is 0. The highest BCUT2D eigenvalue weighted by molar-refractivity contribution is 6.26. The van der Waals surface area contributed by atoms with E-state index in [9.17, 15) is 9.59 Å². The van der Waals surface area contributed by atoms with Gasteiger partial charge in [-0.2, -0.15) is 0 Å². The summed E-state index contributed by atoms with van der Waals surface area (Å²) in [7, 11) is 1.38. The van der Waals surface area contributed by atoms with Crippen LogP contribution in [0.25, 0.3) is 0 Å². The number of carboxylic acid groups (broad SMARTS) is 1. The number of carboxylic acids is 1. The molecule has 1 rings (SSSR count). The number of hydrogen-bond acceptors (Lipinski definition) is 4. The summed E-state index contributed by atoms with van der Waals surface area (Å²) in [4.78, 5) is 24.7. The average Bonchev–Trinajstić information content (AvgIpc) is 2.85. The number of carbonyl (C=O) groups is 2. The lowest BCUT2D eigenvalue weighted by Crippen LogP contribution is -2.42. The van der Waals surface area contributed by atoms with Gasteiger partial charge in [0.15, 0.2) is 9.76 Å². The van der Waals surface area contributed by atoms with Crippen LogP contribution in [-0.2, 0) is 14.0 Å². The molecule has 1 fully saturated rings. The predicted octanol–water partition coefficient (Wildman–Crippen LogP) is 0.607. The van der Waals surface area contributed by atoms with Gasteiger partial charge in [-0.1, -0.05) is 19.8 Å². The molecule has 0 saturated carbocycles. The topological polar surface area (TPSA) is 78.9 Å². The van der Waals surface area contributed by atoms with Crippen molar-refractivity contribution in [3.05, 3.63) is 0 Å². The maximum atomic E-state index is 12.0. The van der Waals surface area contributed by atoms with Crippen LogP contribution >= 0.6 is 0 Å². The zero-order valence-electron chi connectivity index (χ0n) is 13.8. The van der Waals surface area contributed by atoms with Crippen LogP contribution in [0.1, 0.15) is 39.0 Å². The monoisotopic (exact) mass is 330 g/mol. The van der Waals surface area contributed by atoms with Gasteiger partial charge in [-0.25, -0.2) is 0 Å². The summed E-state index contributed by atoms with van der Waals surface area (Å²) in [6.45, 7) is 4.09. The first kappa shape index (κ1) is 19.1. The van der Waals surface area contributed by atoms with Crippen LogP contribution in [-0.4, -0.2) is 64.4 Å². The molecule has 2 unspecified atom stereocenters. The number of hydrogen-bond donors (Lipinski definition) is 2. The molecule has 1 aliphatic rings. The van der Waals surface area contributed by atoms with Gasteiger partial charge in [0.1, 0.15) is 0 Å². The van der Waals surface area contributed by atoms with Gasteiger partial charge < -0.3 is 19.7 Å². The van der Waals surface area contributed by atoms with E-state index in [1.165, 1.54) is 0 Å². The Kier molecular flexibility index (Phi) is 9.34. The Labute approximate surface area is 135 Å². The summed E-state index contributed by atoms with van der Waals surface area (Å²) in [5.74, 6) is -1.43. The van der Waals surface area contributed by atoms with Gasteiger partial charge in [0.05, 0.1) is 5.92 Å². The Balaban J connectivity index is 2.44. The lowest BCUT2D eigenvalue weighted by Gasteiger charge is -2.25. The van der Waals surface area contributed by atoms with Crippen molar-refractivity contribution in [3.63, 3.8) is 0 Å². The lowest BCUT2D eigenvalue weighted by molar-refractivity contribution is -0.141. The van der Waals surface area contributed by atoms with E-state index in [1.54, 1.807) is 12.0 Å². The summed E-state index contributed by atoms with van der Waals surface area (Å²) >= 11 is 0. The van der Waals surface area contributed by atoms with E-state index < -0.39 is 11.9 Å². The summed E-state index contributed by atoms with van der Waals surface area (Å²) < 4.78 is 5.20. The first-order valence-corrected chi connectivity index (χ1v) is 9.89. The van der Waals surface area contributed by atoms with E-state index in [2.05, 4.69) is 12.2 Å². The molecule has 6 nitrogen and oxygen atoms in total. The van der Waals surface area contributed by atoms with Gasteiger partial charge in [-0.3, -0.25) is 9.59 Å². The van der Waals surface area contributed by atoms with E-state index >= 15 is 0 Å². The molecular formula is C15H30N2O4Si. The van der Waals surface area contributed by atoms with Crippen LogP contribution in [0.3, 0.4) is 0 Å². The smallest absolute Gasteiger partial charge is 0.308 e. The predicted molar refractivity (Wildman–Crippen MR) is 88.6 cm³/mol. The van der Waals surface area contributed by atoms with Gasteiger partial charge in [-0.05, 0) is 25.4 Å². The van der Waals surface area contributed by atoms with Gasteiger partial charge in [-0.15, -0.1) is 0 Å². The second kappa shape index (κ2) is 10.7. The normalized spacial score (nSPS) is 20.2. The molecule has 1 amide bonds. The van der Waals surface area contributed by atoms with E-state index in [4.69, 9.17) is 9.53 Å². The molecule has 22 heavy (non-hydrogen) atoms. The minimum atomic E-state index is -0.863. The van der Waals surface area contributed by atoms with Crippen LogP contribution in [0.15, 0.2) is 0 Å². The number of nitrogens with one attached hydrogen (secondary N) is 1. The number of unbranched alkanes of at least 4 members (excludes halogenated alkanes) is 1. The van der Waals surface area contributed by atoms with Gasteiger partial charge in [0.2, 0.25) is 5.91 Å².